The first-order chi connectivity index (χ1) is 9.47. The number of thiophene rings is 1. The zero-order valence-electron chi connectivity index (χ0n) is 11.4. The Morgan fingerprint density at radius 2 is 2.05 bits per heavy atom. The summed E-state index contributed by atoms with van der Waals surface area (Å²) in [4.78, 5) is 14.3. The molecule has 7 heteroatoms. The Hall–Kier alpha value is -1.66. The predicted molar refractivity (Wildman–Crippen MR) is 81.4 cm³/mol. The van der Waals surface area contributed by atoms with Gasteiger partial charge in [0.05, 0.1) is 10.4 Å². The molecule has 0 saturated carbocycles. The smallest absolute Gasteiger partial charge is 0.273 e. The van der Waals surface area contributed by atoms with Crippen molar-refractivity contribution in [2.75, 3.05) is 19.4 Å². The van der Waals surface area contributed by atoms with Crippen LogP contribution in [0.2, 0.25) is 4.34 Å². The fourth-order valence-electron chi connectivity index (χ4n) is 1.61. The number of nitrogens with zero attached hydrogens (tertiary/aromatic N) is 3. The van der Waals surface area contributed by atoms with Gasteiger partial charge in [-0.15, -0.1) is 21.5 Å². The zero-order valence-corrected chi connectivity index (χ0v) is 13.0. The van der Waals surface area contributed by atoms with Crippen LogP contribution in [0.4, 0.5) is 5.82 Å². The van der Waals surface area contributed by atoms with Crippen LogP contribution < -0.4 is 5.32 Å². The van der Waals surface area contributed by atoms with Crippen LogP contribution in [0.5, 0.6) is 0 Å². The van der Waals surface area contributed by atoms with Crippen molar-refractivity contribution in [1.82, 2.24) is 15.1 Å². The van der Waals surface area contributed by atoms with Gasteiger partial charge in [0.2, 0.25) is 0 Å². The number of amides is 1. The lowest BCUT2D eigenvalue weighted by Crippen LogP contribution is -2.23. The molecule has 1 atom stereocenters. The number of carbonyl (C=O) groups is 1. The van der Waals surface area contributed by atoms with E-state index in [1.165, 1.54) is 16.2 Å². The van der Waals surface area contributed by atoms with Gasteiger partial charge in [-0.3, -0.25) is 4.79 Å². The van der Waals surface area contributed by atoms with Gasteiger partial charge >= 0.3 is 0 Å². The van der Waals surface area contributed by atoms with Gasteiger partial charge < -0.3 is 10.2 Å². The number of halogens is 1. The number of rotatable bonds is 4. The molecule has 0 aliphatic carbocycles. The minimum absolute atomic E-state index is 0.0807. The first-order valence-corrected chi connectivity index (χ1v) is 7.24. The first-order valence-electron chi connectivity index (χ1n) is 6.04. The molecule has 2 aromatic heterocycles. The van der Waals surface area contributed by atoms with Gasteiger partial charge in [-0.05, 0) is 31.2 Å². The molecule has 5 nitrogen and oxygen atoms in total. The van der Waals surface area contributed by atoms with Gasteiger partial charge in [-0.25, -0.2) is 0 Å². The molecule has 106 valence electrons. The first kappa shape index (κ1) is 14.7. The number of aromatic nitrogens is 2. The molecule has 1 N–H and O–H groups in total. The van der Waals surface area contributed by atoms with Crippen LogP contribution >= 0.6 is 22.9 Å². The van der Waals surface area contributed by atoms with E-state index in [-0.39, 0.29) is 11.9 Å². The Bertz CT molecular complexity index is 597. The van der Waals surface area contributed by atoms with Crippen molar-refractivity contribution in [1.29, 1.82) is 0 Å². The number of hydrogen-bond donors (Lipinski definition) is 1. The average Bonchev–Trinajstić information content (AvgIpc) is 2.85. The summed E-state index contributed by atoms with van der Waals surface area (Å²) in [6, 6.07) is 7.32. The lowest BCUT2D eigenvalue weighted by atomic mass is 10.2. The van der Waals surface area contributed by atoms with Gasteiger partial charge in [-0.2, -0.15) is 0 Å². The molecule has 0 aliphatic heterocycles. The average molecular weight is 311 g/mol. The third-order valence-electron chi connectivity index (χ3n) is 2.67. The molecule has 2 aromatic rings. The molecule has 1 unspecified atom stereocenters. The van der Waals surface area contributed by atoms with E-state index in [4.69, 9.17) is 11.6 Å². The second-order valence-corrected chi connectivity index (χ2v) is 6.26. The van der Waals surface area contributed by atoms with Crippen LogP contribution in [0.25, 0.3) is 0 Å². The Morgan fingerprint density at radius 3 is 2.55 bits per heavy atom. The van der Waals surface area contributed by atoms with E-state index in [1.807, 2.05) is 19.1 Å². The summed E-state index contributed by atoms with van der Waals surface area (Å²) < 4.78 is 0.756. The third kappa shape index (κ3) is 3.46. The third-order valence-corrected chi connectivity index (χ3v) is 4.09. The minimum Gasteiger partial charge on any atom is -0.361 e. The highest BCUT2D eigenvalue weighted by Gasteiger charge is 2.12. The van der Waals surface area contributed by atoms with Crippen molar-refractivity contribution >= 4 is 34.7 Å². The van der Waals surface area contributed by atoms with E-state index >= 15 is 0 Å². The van der Waals surface area contributed by atoms with Crippen LogP contribution in [0, 0.1) is 0 Å². The molecule has 0 aromatic carbocycles. The van der Waals surface area contributed by atoms with Crippen molar-refractivity contribution in [2.45, 2.75) is 13.0 Å². The summed E-state index contributed by atoms with van der Waals surface area (Å²) in [7, 11) is 3.36. The second-order valence-electron chi connectivity index (χ2n) is 4.51. The number of hydrogen-bond acceptors (Lipinski definition) is 5. The zero-order chi connectivity index (χ0) is 14.7. The molecular formula is C13H15ClN4OS. The van der Waals surface area contributed by atoms with Gasteiger partial charge in [0, 0.05) is 19.0 Å². The molecule has 20 heavy (non-hydrogen) atoms. The van der Waals surface area contributed by atoms with Crippen LogP contribution in [0.3, 0.4) is 0 Å². The summed E-state index contributed by atoms with van der Waals surface area (Å²) in [5, 5.41) is 11.2. The molecule has 2 heterocycles. The number of nitrogens with one attached hydrogen (secondary N) is 1. The highest BCUT2D eigenvalue weighted by Crippen LogP contribution is 2.28. The standard InChI is InChI=1S/C13H15ClN4OS/c1-8(10-5-6-11(14)20-10)15-12-7-4-9(16-17-12)13(19)18(2)3/h4-8H,1-3H3,(H,15,17). The molecule has 1 amide bonds. The molecule has 2 rings (SSSR count). The second kappa shape index (κ2) is 6.19. The lowest BCUT2D eigenvalue weighted by Gasteiger charge is -2.13. The fourth-order valence-corrected chi connectivity index (χ4v) is 2.67. The number of carbonyl (C=O) groups excluding carboxylic acids is 1. The molecular weight excluding hydrogens is 296 g/mol. The van der Waals surface area contributed by atoms with Gasteiger partial charge in [0.1, 0.15) is 5.82 Å². The summed E-state index contributed by atoms with van der Waals surface area (Å²) in [5.41, 5.74) is 0.326. The highest BCUT2D eigenvalue weighted by molar-refractivity contribution is 7.16. The Balaban J connectivity index is 2.05. The Labute approximate surface area is 126 Å². The van der Waals surface area contributed by atoms with Crippen LogP contribution in [-0.2, 0) is 0 Å². The number of anilines is 1. The highest BCUT2D eigenvalue weighted by atomic mass is 35.5. The topological polar surface area (TPSA) is 58.1 Å². The quantitative estimate of drug-likeness (QED) is 0.943. The predicted octanol–water partition coefficient (Wildman–Crippen LogP) is 3.07. The molecule has 0 aliphatic rings. The van der Waals surface area contributed by atoms with E-state index in [1.54, 1.807) is 26.2 Å². The van der Waals surface area contributed by atoms with Crippen molar-refractivity contribution < 1.29 is 4.79 Å². The van der Waals surface area contributed by atoms with Crippen LogP contribution in [0.15, 0.2) is 24.3 Å². The van der Waals surface area contributed by atoms with Gasteiger partial charge in [0.15, 0.2) is 5.69 Å². The van der Waals surface area contributed by atoms with E-state index < -0.39 is 0 Å². The molecule has 0 spiro atoms. The normalized spacial score (nSPS) is 12.0. The summed E-state index contributed by atoms with van der Waals surface area (Å²) in [5.74, 6) is 0.458. The maximum Gasteiger partial charge on any atom is 0.273 e. The van der Waals surface area contributed by atoms with E-state index in [0.717, 1.165) is 9.21 Å². The minimum atomic E-state index is -0.165. The molecule has 0 saturated heterocycles. The summed E-state index contributed by atoms with van der Waals surface area (Å²) in [6.07, 6.45) is 0. The van der Waals surface area contributed by atoms with Crippen molar-refractivity contribution in [3.63, 3.8) is 0 Å². The van der Waals surface area contributed by atoms with Crippen LogP contribution in [-0.4, -0.2) is 35.1 Å². The Morgan fingerprint density at radius 1 is 1.30 bits per heavy atom. The molecule has 0 radical (unpaired) electrons. The monoisotopic (exact) mass is 310 g/mol. The van der Waals surface area contributed by atoms with Gasteiger partial charge in [-0.1, -0.05) is 11.6 Å². The maximum absolute atomic E-state index is 11.7. The fraction of sp³-hybridized carbons (Fsp3) is 0.308. The van der Waals surface area contributed by atoms with Crippen LogP contribution in [0.1, 0.15) is 28.3 Å². The largest absolute Gasteiger partial charge is 0.361 e. The van der Waals surface area contributed by atoms with E-state index in [2.05, 4.69) is 15.5 Å². The molecule has 0 bridgehead atoms. The molecule has 0 fully saturated rings. The SMILES string of the molecule is CC(Nc1ccc(C(=O)N(C)C)nn1)c1ccc(Cl)s1. The van der Waals surface area contributed by atoms with Gasteiger partial charge in [0.25, 0.3) is 5.91 Å². The summed E-state index contributed by atoms with van der Waals surface area (Å²) in [6.45, 7) is 2.02. The maximum atomic E-state index is 11.7. The summed E-state index contributed by atoms with van der Waals surface area (Å²) >= 11 is 7.43. The lowest BCUT2D eigenvalue weighted by molar-refractivity contribution is 0.0821. The van der Waals surface area contributed by atoms with Crippen molar-refractivity contribution in [3.8, 4) is 0 Å². The van der Waals surface area contributed by atoms with Crippen molar-refractivity contribution in [3.05, 3.63) is 39.2 Å². The van der Waals surface area contributed by atoms with Crippen molar-refractivity contribution in [2.24, 2.45) is 0 Å². The van der Waals surface area contributed by atoms with E-state index in [0.29, 0.717) is 11.5 Å². The Kier molecular flexibility index (Phi) is 4.57. The van der Waals surface area contributed by atoms with E-state index in [9.17, 15) is 4.79 Å².